The number of hydrogen-bond donors (Lipinski definition) is 1. The number of fused-ring (bicyclic) bond motifs is 3. The molecule has 0 unspecified atom stereocenters. The Kier molecular flexibility index (Phi) is 6.83. The van der Waals surface area contributed by atoms with E-state index in [-0.39, 0.29) is 6.03 Å². The molecule has 1 aromatic carbocycles. The maximum atomic E-state index is 12.8. The lowest BCUT2D eigenvalue weighted by Crippen LogP contribution is -2.50. The number of rotatable bonds is 5. The summed E-state index contributed by atoms with van der Waals surface area (Å²) in [5.41, 5.74) is 2.29. The smallest absolute Gasteiger partial charge is 0.321 e. The number of hydrogen-bond acceptors (Lipinski definition) is 5. The van der Waals surface area contributed by atoms with Gasteiger partial charge >= 0.3 is 6.03 Å². The number of nitrogens with one attached hydrogen (secondary N) is 1. The SMILES string of the molecule is CCCCc1nc(N2CCN(C(=O)Nc3ccc(Br)cc3)CC2)c2c3c(sc2n1)CCCC3. The van der Waals surface area contributed by atoms with E-state index in [9.17, 15) is 4.79 Å². The number of urea groups is 1. The van der Waals surface area contributed by atoms with Gasteiger partial charge in [-0.15, -0.1) is 11.3 Å². The summed E-state index contributed by atoms with van der Waals surface area (Å²) in [4.78, 5) is 29.8. The van der Waals surface area contributed by atoms with Crippen molar-refractivity contribution in [2.24, 2.45) is 0 Å². The Morgan fingerprint density at radius 2 is 1.85 bits per heavy atom. The van der Waals surface area contributed by atoms with Crippen molar-refractivity contribution in [3.05, 3.63) is 45.0 Å². The van der Waals surface area contributed by atoms with Crippen molar-refractivity contribution in [3.63, 3.8) is 0 Å². The molecular formula is C25H30BrN5OS. The minimum atomic E-state index is -0.0404. The number of aromatic nitrogens is 2. The molecule has 5 rings (SSSR count). The molecule has 1 N–H and O–H groups in total. The van der Waals surface area contributed by atoms with Crippen molar-refractivity contribution in [2.75, 3.05) is 36.4 Å². The van der Waals surface area contributed by atoms with Gasteiger partial charge in [0.1, 0.15) is 16.5 Å². The molecule has 3 heterocycles. The predicted octanol–water partition coefficient (Wildman–Crippen LogP) is 6.03. The summed E-state index contributed by atoms with van der Waals surface area (Å²) < 4.78 is 0.999. The second kappa shape index (κ2) is 9.97. The molecule has 8 heteroatoms. The van der Waals surface area contributed by atoms with Gasteiger partial charge in [0.25, 0.3) is 0 Å². The first-order chi connectivity index (χ1) is 16.1. The molecule has 0 saturated carbocycles. The van der Waals surface area contributed by atoms with Gasteiger partial charge in [-0.2, -0.15) is 0 Å². The van der Waals surface area contributed by atoms with E-state index < -0.39 is 0 Å². The van der Waals surface area contributed by atoms with Gasteiger partial charge in [0.05, 0.1) is 5.39 Å². The number of nitrogens with zero attached hydrogens (tertiary/aromatic N) is 4. The molecule has 2 amide bonds. The van der Waals surface area contributed by atoms with E-state index in [1.807, 2.05) is 40.5 Å². The fourth-order valence-corrected chi connectivity index (χ4v) is 6.25. The average Bonchev–Trinajstić information content (AvgIpc) is 3.22. The first kappa shape index (κ1) is 22.6. The molecule has 3 aromatic rings. The van der Waals surface area contributed by atoms with E-state index in [0.717, 1.165) is 65.4 Å². The summed E-state index contributed by atoms with van der Waals surface area (Å²) in [6, 6.07) is 7.65. The highest BCUT2D eigenvalue weighted by atomic mass is 79.9. The number of halogens is 1. The molecule has 33 heavy (non-hydrogen) atoms. The topological polar surface area (TPSA) is 61.4 Å². The lowest BCUT2D eigenvalue weighted by molar-refractivity contribution is 0.208. The number of benzene rings is 1. The zero-order chi connectivity index (χ0) is 22.8. The van der Waals surface area contributed by atoms with Crippen LogP contribution in [0, 0.1) is 0 Å². The van der Waals surface area contributed by atoms with Crippen molar-refractivity contribution < 1.29 is 4.79 Å². The number of carbonyl (C=O) groups excluding carboxylic acids is 1. The molecule has 0 spiro atoms. The Balaban J connectivity index is 1.35. The first-order valence-electron chi connectivity index (χ1n) is 12.0. The fraction of sp³-hybridized carbons (Fsp3) is 0.480. The molecule has 0 radical (unpaired) electrons. The van der Waals surface area contributed by atoms with Crippen molar-refractivity contribution in [2.45, 2.75) is 51.9 Å². The third-order valence-electron chi connectivity index (χ3n) is 6.56. The lowest BCUT2D eigenvalue weighted by Gasteiger charge is -2.36. The van der Waals surface area contributed by atoms with Crippen LogP contribution in [0.2, 0.25) is 0 Å². The van der Waals surface area contributed by atoms with Crippen LogP contribution < -0.4 is 10.2 Å². The van der Waals surface area contributed by atoms with Crippen LogP contribution in [-0.4, -0.2) is 47.1 Å². The maximum absolute atomic E-state index is 12.8. The number of amides is 2. The Hall–Kier alpha value is -2.19. The van der Waals surface area contributed by atoms with Crippen LogP contribution >= 0.6 is 27.3 Å². The van der Waals surface area contributed by atoms with Gasteiger partial charge in [-0.3, -0.25) is 0 Å². The standard InChI is InChI=1S/C25H30BrN5OS/c1-2-3-8-21-28-23(22-19-6-4-5-7-20(19)33-24(22)29-21)30-13-15-31(16-14-30)25(32)27-18-11-9-17(26)10-12-18/h9-12H,2-8,13-16H2,1H3,(H,27,32). The number of thiophene rings is 1. The molecule has 2 aromatic heterocycles. The van der Waals surface area contributed by atoms with Crippen molar-refractivity contribution in [3.8, 4) is 0 Å². The van der Waals surface area contributed by atoms with Crippen LogP contribution in [0.1, 0.15) is 48.9 Å². The highest BCUT2D eigenvalue weighted by Crippen LogP contribution is 2.40. The van der Waals surface area contributed by atoms with Crippen molar-refractivity contribution in [1.82, 2.24) is 14.9 Å². The van der Waals surface area contributed by atoms with Gasteiger partial charge in [0, 0.05) is 47.6 Å². The van der Waals surface area contributed by atoms with E-state index in [2.05, 4.69) is 33.1 Å². The van der Waals surface area contributed by atoms with Crippen LogP contribution in [0.5, 0.6) is 0 Å². The number of anilines is 2. The second-order valence-corrected chi connectivity index (χ2v) is 10.9. The summed E-state index contributed by atoms with van der Waals surface area (Å²) in [5, 5.41) is 4.30. The van der Waals surface area contributed by atoms with Gasteiger partial charge in [0.15, 0.2) is 0 Å². The average molecular weight is 529 g/mol. The van der Waals surface area contributed by atoms with Gasteiger partial charge < -0.3 is 15.1 Å². The Morgan fingerprint density at radius 3 is 2.61 bits per heavy atom. The maximum Gasteiger partial charge on any atom is 0.321 e. The molecule has 0 bridgehead atoms. The molecule has 0 atom stereocenters. The van der Waals surface area contributed by atoms with Crippen LogP contribution in [0.25, 0.3) is 10.2 Å². The van der Waals surface area contributed by atoms with Gasteiger partial charge in [-0.25, -0.2) is 14.8 Å². The summed E-state index contributed by atoms with van der Waals surface area (Å²) in [6.45, 7) is 5.16. The lowest BCUT2D eigenvalue weighted by atomic mass is 9.97. The molecular weight excluding hydrogens is 498 g/mol. The highest BCUT2D eigenvalue weighted by Gasteiger charge is 2.27. The number of carbonyl (C=O) groups is 1. The van der Waals surface area contributed by atoms with Crippen LogP contribution in [0.15, 0.2) is 28.7 Å². The minimum absolute atomic E-state index is 0.0404. The largest absolute Gasteiger partial charge is 0.352 e. The van der Waals surface area contributed by atoms with Crippen LogP contribution in [0.3, 0.4) is 0 Å². The third kappa shape index (κ3) is 4.87. The first-order valence-corrected chi connectivity index (χ1v) is 13.6. The van der Waals surface area contributed by atoms with Crippen LogP contribution in [-0.2, 0) is 19.3 Å². The monoisotopic (exact) mass is 527 g/mol. The van der Waals surface area contributed by atoms with Gasteiger partial charge in [0.2, 0.25) is 0 Å². The quantitative estimate of drug-likeness (QED) is 0.440. The fourth-order valence-electron chi connectivity index (χ4n) is 4.71. The highest BCUT2D eigenvalue weighted by molar-refractivity contribution is 9.10. The number of aryl methyl sites for hydroxylation is 3. The molecule has 6 nitrogen and oxygen atoms in total. The number of piperazine rings is 1. The van der Waals surface area contributed by atoms with E-state index in [1.165, 1.54) is 35.1 Å². The zero-order valence-corrected chi connectivity index (χ0v) is 21.5. The van der Waals surface area contributed by atoms with E-state index in [4.69, 9.17) is 9.97 Å². The Bertz CT molecular complexity index is 1140. The predicted molar refractivity (Wildman–Crippen MR) is 140 cm³/mol. The molecule has 174 valence electrons. The normalized spacial score (nSPS) is 16.2. The molecule has 1 aliphatic carbocycles. The Labute approximate surface area is 207 Å². The second-order valence-electron chi connectivity index (χ2n) is 8.87. The van der Waals surface area contributed by atoms with E-state index in [0.29, 0.717) is 13.1 Å². The van der Waals surface area contributed by atoms with Gasteiger partial charge in [-0.05, 0) is 61.9 Å². The summed E-state index contributed by atoms with van der Waals surface area (Å²) >= 11 is 5.31. The van der Waals surface area contributed by atoms with E-state index in [1.54, 1.807) is 0 Å². The molecule has 2 aliphatic rings. The third-order valence-corrected chi connectivity index (χ3v) is 8.27. The van der Waals surface area contributed by atoms with E-state index >= 15 is 0 Å². The molecule has 1 saturated heterocycles. The zero-order valence-electron chi connectivity index (χ0n) is 19.1. The Morgan fingerprint density at radius 1 is 1.09 bits per heavy atom. The number of unbranched alkanes of at least 4 members (excludes halogenated alkanes) is 1. The van der Waals surface area contributed by atoms with Crippen LogP contribution in [0.4, 0.5) is 16.3 Å². The van der Waals surface area contributed by atoms with Gasteiger partial charge in [-0.1, -0.05) is 29.3 Å². The molecule has 1 fully saturated rings. The summed E-state index contributed by atoms with van der Waals surface area (Å²) in [5.74, 6) is 2.06. The van der Waals surface area contributed by atoms with Crippen molar-refractivity contribution in [1.29, 1.82) is 0 Å². The summed E-state index contributed by atoms with van der Waals surface area (Å²) in [6.07, 6.45) is 8.01. The molecule has 1 aliphatic heterocycles. The van der Waals surface area contributed by atoms with Crippen molar-refractivity contribution >= 4 is 55.0 Å². The summed E-state index contributed by atoms with van der Waals surface area (Å²) in [7, 11) is 0. The minimum Gasteiger partial charge on any atom is -0.352 e.